The molecule has 3 heterocycles. The molecule has 132 valence electrons. The average Bonchev–Trinajstić information content (AvgIpc) is 2.68. The predicted molar refractivity (Wildman–Crippen MR) is 99.5 cm³/mol. The summed E-state index contributed by atoms with van der Waals surface area (Å²) in [6, 6.07) is 11.7. The summed E-state index contributed by atoms with van der Waals surface area (Å²) in [6.07, 6.45) is 4.93. The second-order valence-electron chi connectivity index (χ2n) is 5.90. The molecule has 0 spiro atoms. The molecule has 1 atom stereocenters. The van der Waals surface area contributed by atoms with E-state index in [4.69, 9.17) is 4.74 Å². The van der Waals surface area contributed by atoms with E-state index in [1.807, 2.05) is 41.3 Å². The Balaban J connectivity index is 1.67. The van der Waals surface area contributed by atoms with Gasteiger partial charge < -0.3 is 9.84 Å². The summed E-state index contributed by atoms with van der Waals surface area (Å²) >= 11 is 1.57. The number of ether oxygens (including phenoxy) is 1. The standard InChI is InChI=1S/C19H18N4O2S/c1-25-12-23-15-10-13(16(24)11-14-4-2-3-7-20-14)5-6-17(15)26-19-18(23)21-8-9-22-19/h2-10,16,24H,11-12H2,1H3. The number of hydrogen-bond donors (Lipinski definition) is 1. The van der Waals surface area contributed by atoms with Gasteiger partial charge in [-0.3, -0.25) is 9.88 Å². The molecule has 1 N–H and O–H groups in total. The summed E-state index contributed by atoms with van der Waals surface area (Å²) in [6.45, 7) is 0.360. The van der Waals surface area contributed by atoms with Crippen LogP contribution in [0.25, 0.3) is 0 Å². The Morgan fingerprint density at radius 3 is 2.81 bits per heavy atom. The van der Waals surface area contributed by atoms with Crippen LogP contribution < -0.4 is 4.90 Å². The molecule has 1 aromatic carbocycles. The van der Waals surface area contributed by atoms with Gasteiger partial charge in [-0.25, -0.2) is 9.97 Å². The Hall–Kier alpha value is -2.48. The minimum absolute atomic E-state index is 0.360. The van der Waals surface area contributed by atoms with Crippen molar-refractivity contribution >= 4 is 23.3 Å². The van der Waals surface area contributed by atoms with E-state index in [9.17, 15) is 5.11 Å². The third kappa shape index (κ3) is 3.29. The monoisotopic (exact) mass is 366 g/mol. The topological polar surface area (TPSA) is 71.4 Å². The molecule has 7 heteroatoms. The van der Waals surface area contributed by atoms with Crippen molar-refractivity contribution in [2.75, 3.05) is 18.7 Å². The number of aliphatic hydroxyl groups is 1. The molecular weight excluding hydrogens is 348 g/mol. The van der Waals surface area contributed by atoms with Gasteiger partial charge >= 0.3 is 0 Å². The van der Waals surface area contributed by atoms with Crippen LogP contribution in [0.4, 0.5) is 11.5 Å². The van der Waals surface area contributed by atoms with Crippen LogP contribution in [-0.2, 0) is 11.2 Å². The second kappa shape index (κ2) is 7.41. The minimum Gasteiger partial charge on any atom is -0.388 e. The Bertz CT molecular complexity index is 907. The van der Waals surface area contributed by atoms with Gasteiger partial charge in [-0.2, -0.15) is 0 Å². The lowest BCUT2D eigenvalue weighted by Crippen LogP contribution is -2.24. The molecule has 0 bridgehead atoms. The second-order valence-corrected chi connectivity index (χ2v) is 6.93. The highest BCUT2D eigenvalue weighted by Crippen LogP contribution is 2.46. The summed E-state index contributed by atoms with van der Waals surface area (Å²) in [7, 11) is 1.65. The number of benzene rings is 1. The van der Waals surface area contributed by atoms with E-state index in [-0.39, 0.29) is 0 Å². The number of anilines is 2. The van der Waals surface area contributed by atoms with E-state index in [0.717, 1.165) is 32.7 Å². The van der Waals surface area contributed by atoms with E-state index in [0.29, 0.717) is 13.2 Å². The fraction of sp³-hybridized carbons (Fsp3) is 0.211. The largest absolute Gasteiger partial charge is 0.388 e. The molecule has 1 aliphatic rings. The van der Waals surface area contributed by atoms with Gasteiger partial charge in [-0.1, -0.05) is 23.9 Å². The molecule has 0 amide bonds. The summed E-state index contributed by atoms with van der Waals surface area (Å²) in [4.78, 5) is 16.2. The maximum Gasteiger partial charge on any atom is 0.168 e. The van der Waals surface area contributed by atoms with Gasteiger partial charge in [0.05, 0.1) is 11.8 Å². The number of nitrogens with zero attached hydrogens (tertiary/aromatic N) is 4. The van der Waals surface area contributed by atoms with Crippen LogP contribution in [-0.4, -0.2) is 33.9 Å². The molecule has 6 nitrogen and oxygen atoms in total. The molecule has 1 aliphatic heterocycles. The summed E-state index contributed by atoms with van der Waals surface area (Å²) in [5.41, 5.74) is 2.66. The molecule has 4 rings (SSSR count). The zero-order chi connectivity index (χ0) is 17.9. The third-order valence-corrected chi connectivity index (χ3v) is 5.20. The fourth-order valence-electron chi connectivity index (χ4n) is 2.93. The summed E-state index contributed by atoms with van der Waals surface area (Å²) < 4.78 is 5.37. The number of aromatic nitrogens is 3. The lowest BCUT2D eigenvalue weighted by molar-refractivity contribution is 0.177. The number of fused-ring (bicyclic) bond motifs is 2. The molecule has 0 saturated carbocycles. The van der Waals surface area contributed by atoms with E-state index in [1.54, 1.807) is 37.5 Å². The molecular formula is C19H18N4O2S. The zero-order valence-corrected chi connectivity index (χ0v) is 15.1. The van der Waals surface area contributed by atoms with Gasteiger partial charge in [-0.05, 0) is 29.8 Å². The normalized spacial score (nSPS) is 13.8. The van der Waals surface area contributed by atoms with Crippen molar-refractivity contribution in [1.29, 1.82) is 0 Å². The Morgan fingerprint density at radius 2 is 2.00 bits per heavy atom. The summed E-state index contributed by atoms with van der Waals surface area (Å²) in [5.74, 6) is 0.767. The first kappa shape index (κ1) is 17.0. The van der Waals surface area contributed by atoms with E-state index >= 15 is 0 Å². The van der Waals surface area contributed by atoms with Crippen molar-refractivity contribution in [3.8, 4) is 0 Å². The summed E-state index contributed by atoms with van der Waals surface area (Å²) in [5, 5.41) is 11.5. The maximum absolute atomic E-state index is 10.7. The van der Waals surface area contributed by atoms with Crippen LogP contribution in [0.5, 0.6) is 0 Å². The fourth-order valence-corrected chi connectivity index (χ4v) is 3.91. The number of pyridine rings is 1. The van der Waals surface area contributed by atoms with Crippen LogP contribution in [0.15, 0.2) is 64.9 Å². The first-order valence-corrected chi connectivity index (χ1v) is 9.05. The lowest BCUT2D eigenvalue weighted by atomic mass is 10.0. The Labute approximate surface area is 155 Å². The number of aliphatic hydroxyl groups excluding tert-OH is 1. The van der Waals surface area contributed by atoms with Crippen LogP contribution >= 0.6 is 11.8 Å². The van der Waals surface area contributed by atoms with Gasteiger partial charge in [0.2, 0.25) is 0 Å². The lowest BCUT2D eigenvalue weighted by Gasteiger charge is -2.30. The van der Waals surface area contributed by atoms with Gasteiger partial charge in [0, 0.05) is 42.7 Å². The minimum atomic E-state index is -0.632. The SMILES string of the molecule is COCN1c2cc(C(O)Cc3ccccn3)ccc2Sc2nccnc21. The highest BCUT2D eigenvalue weighted by molar-refractivity contribution is 7.99. The van der Waals surface area contributed by atoms with Crippen LogP contribution in [0, 0.1) is 0 Å². The van der Waals surface area contributed by atoms with E-state index in [1.165, 1.54) is 0 Å². The average molecular weight is 366 g/mol. The molecule has 1 unspecified atom stereocenters. The molecule has 0 radical (unpaired) electrons. The Morgan fingerprint density at radius 1 is 1.12 bits per heavy atom. The van der Waals surface area contributed by atoms with Gasteiger partial charge in [0.15, 0.2) is 5.82 Å². The highest BCUT2D eigenvalue weighted by atomic mass is 32.2. The molecule has 3 aromatic rings. The highest BCUT2D eigenvalue weighted by Gasteiger charge is 2.26. The van der Waals surface area contributed by atoms with Crippen LogP contribution in [0.1, 0.15) is 17.4 Å². The van der Waals surface area contributed by atoms with E-state index < -0.39 is 6.10 Å². The van der Waals surface area contributed by atoms with Crippen LogP contribution in [0.3, 0.4) is 0 Å². The molecule has 2 aromatic heterocycles. The van der Waals surface area contributed by atoms with E-state index in [2.05, 4.69) is 15.0 Å². The first-order chi connectivity index (χ1) is 12.8. The zero-order valence-electron chi connectivity index (χ0n) is 14.2. The molecule has 0 saturated heterocycles. The number of rotatable bonds is 5. The maximum atomic E-state index is 10.7. The van der Waals surface area contributed by atoms with Crippen LogP contribution in [0.2, 0.25) is 0 Å². The third-order valence-electron chi connectivity index (χ3n) is 4.15. The van der Waals surface area contributed by atoms with Crippen molar-refractivity contribution in [2.24, 2.45) is 0 Å². The predicted octanol–water partition coefficient (Wildman–Crippen LogP) is 3.35. The van der Waals surface area contributed by atoms with Crippen molar-refractivity contribution in [3.63, 3.8) is 0 Å². The molecule has 0 fully saturated rings. The van der Waals surface area contributed by atoms with Crippen molar-refractivity contribution in [1.82, 2.24) is 15.0 Å². The van der Waals surface area contributed by atoms with Gasteiger partial charge in [0.1, 0.15) is 11.8 Å². The number of methoxy groups -OCH3 is 1. The molecule has 26 heavy (non-hydrogen) atoms. The van der Waals surface area contributed by atoms with Crippen molar-refractivity contribution < 1.29 is 9.84 Å². The van der Waals surface area contributed by atoms with Gasteiger partial charge in [0.25, 0.3) is 0 Å². The molecule has 0 aliphatic carbocycles. The van der Waals surface area contributed by atoms with Crippen molar-refractivity contribution in [2.45, 2.75) is 22.4 Å². The van der Waals surface area contributed by atoms with Crippen molar-refractivity contribution in [3.05, 3.63) is 66.2 Å². The Kier molecular flexibility index (Phi) is 4.83. The first-order valence-electron chi connectivity index (χ1n) is 8.23. The van der Waals surface area contributed by atoms with Gasteiger partial charge in [-0.15, -0.1) is 0 Å². The quantitative estimate of drug-likeness (QED) is 0.742. The smallest absolute Gasteiger partial charge is 0.168 e. The number of hydrogen-bond acceptors (Lipinski definition) is 7.